The minimum atomic E-state index is -4.68. The Morgan fingerprint density at radius 3 is 2.50 bits per heavy atom. The van der Waals surface area contributed by atoms with E-state index in [1.807, 2.05) is 13.8 Å². The Morgan fingerprint density at radius 2 is 1.92 bits per heavy atom. The largest absolute Gasteiger partial charge is 0.478 e. The summed E-state index contributed by atoms with van der Waals surface area (Å²) in [5, 5.41) is 13.5. The van der Waals surface area contributed by atoms with Gasteiger partial charge in [-0.15, -0.1) is 0 Å². The smallest absolute Gasteiger partial charge is 0.416 e. The predicted octanol–water partition coefficient (Wildman–Crippen LogP) is 4.53. The minimum absolute atomic E-state index is 0.0621. The number of carbonyl (C=O) groups is 1. The number of hydrogen-bond acceptors (Lipinski definition) is 7. The zero-order chi connectivity index (χ0) is 27.9. The number of carbonyl (C=O) groups excluding carboxylic acids is 1. The van der Waals surface area contributed by atoms with Crippen molar-refractivity contribution >= 4 is 11.6 Å². The number of nitrogens with two attached hydrogens (primary N) is 1. The summed E-state index contributed by atoms with van der Waals surface area (Å²) in [6.07, 6.45) is -3.09. The number of halogens is 3. The Bertz CT molecular complexity index is 1330. The fraction of sp³-hybridized carbons (Fsp3) is 0.370. The SMILES string of the molecule is CCOc1ncc(-c2cc(NC(=O)c3cc(C(F)(F)F)cc(C(C)(C)N)n3)ccc2C)cc1C1(O)COC1. The number of pyridine rings is 2. The molecule has 0 atom stereocenters. The highest BCUT2D eigenvalue weighted by Gasteiger charge is 2.41. The number of rotatable bonds is 7. The van der Waals surface area contributed by atoms with Gasteiger partial charge in [0, 0.05) is 17.4 Å². The van der Waals surface area contributed by atoms with Gasteiger partial charge in [-0.25, -0.2) is 9.97 Å². The fourth-order valence-electron chi connectivity index (χ4n) is 3.98. The molecule has 1 aliphatic rings. The Labute approximate surface area is 218 Å². The molecule has 3 aromatic rings. The maximum atomic E-state index is 13.5. The first-order valence-electron chi connectivity index (χ1n) is 12.0. The molecule has 1 fully saturated rings. The van der Waals surface area contributed by atoms with Crippen molar-refractivity contribution in [2.75, 3.05) is 25.1 Å². The molecule has 0 saturated carbocycles. The molecule has 4 N–H and O–H groups in total. The fourth-order valence-corrected chi connectivity index (χ4v) is 3.98. The molecule has 38 heavy (non-hydrogen) atoms. The maximum absolute atomic E-state index is 13.5. The molecule has 0 aliphatic carbocycles. The molecule has 1 aliphatic heterocycles. The van der Waals surface area contributed by atoms with E-state index in [2.05, 4.69) is 15.3 Å². The van der Waals surface area contributed by atoms with Crippen molar-refractivity contribution in [3.63, 3.8) is 0 Å². The number of aromatic nitrogens is 2. The quantitative estimate of drug-likeness (QED) is 0.411. The van der Waals surface area contributed by atoms with Crippen molar-refractivity contribution in [2.45, 2.75) is 45.0 Å². The Kier molecular flexibility index (Phi) is 7.21. The van der Waals surface area contributed by atoms with Crippen LogP contribution in [0.4, 0.5) is 18.9 Å². The predicted molar refractivity (Wildman–Crippen MR) is 135 cm³/mol. The number of nitrogens with zero attached hydrogens (tertiary/aromatic N) is 2. The van der Waals surface area contributed by atoms with E-state index in [0.717, 1.165) is 11.6 Å². The van der Waals surface area contributed by atoms with Gasteiger partial charge in [-0.3, -0.25) is 4.79 Å². The highest BCUT2D eigenvalue weighted by atomic mass is 19.4. The topological polar surface area (TPSA) is 120 Å². The van der Waals surface area contributed by atoms with Gasteiger partial charge in [0.1, 0.15) is 11.3 Å². The zero-order valence-electron chi connectivity index (χ0n) is 21.4. The molecule has 2 aromatic heterocycles. The van der Waals surface area contributed by atoms with Gasteiger partial charge in [0.2, 0.25) is 5.88 Å². The standard InChI is InChI=1S/C27H29F3N4O4/c1-5-38-24-20(26(36)13-37-14-26)8-16(12-32-24)19-11-18(7-6-15(19)2)33-23(35)21-9-17(27(28,29)30)10-22(34-21)25(3,4)31/h6-12,36H,5,13-14,31H2,1-4H3,(H,33,35). The van der Waals surface area contributed by atoms with E-state index in [4.69, 9.17) is 15.2 Å². The lowest BCUT2D eigenvalue weighted by atomic mass is 9.90. The van der Waals surface area contributed by atoms with Crippen LogP contribution in [-0.4, -0.2) is 40.8 Å². The molecule has 1 aromatic carbocycles. The van der Waals surface area contributed by atoms with E-state index in [1.165, 1.54) is 13.8 Å². The van der Waals surface area contributed by atoms with Crippen LogP contribution >= 0.6 is 0 Å². The summed E-state index contributed by atoms with van der Waals surface area (Å²) >= 11 is 0. The van der Waals surface area contributed by atoms with Gasteiger partial charge in [-0.2, -0.15) is 13.2 Å². The van der Waals surface area contributed by atoms with E-state index in [9.17, 15) is 23.1 Å². The summed E-state index contributed by atoms with van der Waals surface area (Å²) in [7, 11) is 0. The maximum Gasteiger partial charge on any atom is 0.416 e. The summed E-state index contributed by atoms with van der Waals surface area (Å²) in [5.74, 6) is -0.513. The molecule has 11 heteroatoms. The first-order valence-corrected chi connectivity index (χ1v) is 12.0. The Hall–Kier alpha value is -3.54. The highest BCUT2D eigenvalue weighted by Crippen LogP contribution is 2.38. The molecule has 4 rings (SSSR count). The summed E-state index contributed by atoms with van der Waals surface area (Å²) in [6.45, 7) is 7.28. The monoisotopic (exact) mass is 530 g/mol. The molecule has 3 heterocycles. The number of anilines is 1. The molecule has 8 nitrogen and oxygen atoms in total. The van der Waals surface area contributed by atoms with Gasteiger partial charge in [-0.1, -0.05) is 6.07 Å². The van der Waals surface area contributed by atoms with Crippen molar-refractivity contribution in [3.8, 4) is 17.0 Å². The van der Waals surface area contributed by atoms with Gasteiger partial charge in [0.25, 0.3) is 5.91 Å². The summed E-state index contributed by atoms with van der Waals surface area (Å²) in [5.41, 5.74) is 5.10. The molecule has 0 spiro atoms. The van der Waals surface area contributed by atoms with Gasteiger partial charge in [-0.05, 0) is 69.2 Å². The molecular weight excluding hydrogens is 501 g/mol. The van der Waals surface area contributed by atoms with Crippen LogP contribution in [0.25, 0.3) is 11.1 Å². The number of ether oxygens (including phenoxy) is 2. The lowest BCUT2D eigenvalue weighted by Crippen LogP contribution is -2.46. The van der Waals surface area contributed by atoms with Crippen molar-refractivity contribution < 1.29 is 32.5 Å². The second-order valence-electron chi connectivity index (χ2n) is 9.86. The van der Waals surface area contributed by atoms with Crippen LogP contribution in [0.3, 0.4) is 0 Å². The minimum Gasteiger partial charge on any atom is -0.478 e. The van der Waals surface area contributed by atoms with Crippen LogP contribution in [0.2, 0.25) is 0 Å². The van der Waals surface area contributed by atoms with Gasteiger partial charge in [0.05, 0.1) is 42.2 Å². The van der Waals surface area contributed by atoms with Crippen molar-refractivity contribution in [1.29, 1.82) is 0 Å². The zero-order valence-corrected chi connectivity index (χ0v) is 21.4. The third-order valence-electron chi connectivity index (χ3n) is 6.17. The third-order valence-corrected chi connectivity index (χ3v) is 6.17. The van der Waals surface area contributed by atoms with Crippen LogP contribution in [0.15, 0.2) is 42.6 Å². The lowest BCUT2D eigenvalue weighted by Gasteiger charge is -2.37. The second-order valence-corrected chi connectivity index (χ2v) is 9.86. The molecule has 202 valence electrons. The van der Waals surface area contributed by atoms with Crippen LogP contribution in [0, 0.1) is 6.92 Å². The number of aliphatic hydroxyl groups is 1. The highest BCUT2D eigenvalue weighted by molar-refractivity contribution is 6.03. The molecule has 0 unspecified atom stereocenters. The normalized spacial score (nSPS) is 15.1. The third kappa shape index (κ3) is 5.64. The van der Waals surface area contributed by atoms with Gasteiger partial charge < -0.3 is 25.6 Å². The number of hydrogen-bond donors (Lipinski definition) is 3. The van der Waals surface area contributed by atoms with Crippen LogP contribution in [0.5, 0.6) is 5.88 Å². The molecular formula is C27H29F3N4O4. The summed E-state index contributed by atoms with van der Waals surface area (Å²) in [6, 6.07) is 8.38. The lowest BCUT2D eigenvalue weighted by molar-refractivity contribution is -0.185. The van der Waals surface area contributed by atoms with Gasteiger partial charge >= 0.3 is 6.18 Å². The summed E-state index contributed by atoms with van der Waals surface area (Å²) in [4.78, 5) is 21.5. The molecule has 0 bridgehead atoms. The van der Waals surface area contributed by atoms with Crippen LogP contribution in [-0.2, 0) is 22.1 Å². The Balaban J connectivity index is 1.69. The number of amides is 1. The first kappa shape index (κ1) is 27.5. The van der Waals surface area contributed by atoms with E-state index in [-0.39, 0.29) is 18.9 Å². The van der Waals surface area contributed by atoms with Crippen LogP contribution in [0.1, 0.15) is 53.6 Å². The van der Waals surface area contributed by atoms with E-state index in [0.29, 0.717) is 40.9 Å². The number of nitrogens with one attached hydrogen (secondary N) is 1. The first-order chi connectivity index (χ1) is 17.7. The number of alkyl halides is 3. The Morgan fingerprint density at radius 1 is 1.21 bits per heavy atom. The summed E-state index contributed by atoms with van der Waals surface area (Å²) < 4.78 is 51.3. The molecule has 1 saturated heterocycles. The van der Waals surface area contributed by atoms with E-state index < -0.39 is 34.5 Å². The number of benzene rings is 1. The van der Waals surface area contributed by atoms with Crippen LogP contribution < -0.4 is 15.8 Å². The second kappa shape index (κ2) is 9.97. The average Bonchev–Trinajstić information content (AvgIpc) is 2.83. The molecule has 1 amide bonds. The van der Waals surface area contributed by atoms with E-state index in [1.54, 1.807) is 30.5 Å². The number of aryl methyl sites for hydroxylation is 1. The average molecular weight is 531 g/mol. The van der Waals surface area contributed by atoms with Gasteiger partial charge in [0.15, 0.2) is 0 Å². The van der Waals surface area contributed by atoms with Crippen molar-refractivity contribution in [3.05, 3.63) is 70.7 Å². The van der Waals surface area contributed by atoms with Crippen molar-refractivity contribution in [1.82, 2.24) is 9.97 Å². The van der Waals surface area contributed by atoms with E-state index >= 15 is 0 Å². The van der Waals surface area contributed by atoms with Crippen molar-refractivity contribution in [2.24, 2.45) is 5.73 Å². The molecule has 0 radical (unpaired) electrons.